The van der Waals surface area contributed by atoms with Gasteiger partial charge in [0, 0.05) is 5.57 Å². The molecule has 0 aliphatic heterocycles. The van der Waals surface area contributed by atoms with Crippen molar-refractivity contribution in [3.8, 4) is 0 Å². The Kier molecular flexibility index (Phi) is 2.64. The average molecular weight is 196 g/mol. The fraction of sp³-hybridized carbons (Fsp3) is 0.0714. The summed E-state index contributed by atoms with van der Waals surface area (Å²) in [5.74, 6) is 0. The standard InChI is InChI=1S/C14H12O/c1-2-6-12-9-13(10-15)14(12)11-7-4-3-5-8-11/h2-10H,1H3/b6-2+. The Labute approximate surface area is 89.4 Å². The van der Waals surface area contributed by atoms with Crippen molar-refractivity contribution in [1.82, 2.24) is 0 Å². The van der Waals surface area contributed by atoms with Crippen molar-refractivity contribution in [2.24, 2.45) is 0 Å². The molecule has 1 aromatic carbocycles. The summed E-state index contributed by atoms with van der Waals surface area (Å²) in [5, 5.41) is 0. The highest BCUT2D eigenvalue weighted by molar-refractivity contribution is 6.07. The third kappa shape index (κ3) is 1.68. The molecule has 0 bridgehead atoms. The van der Waals surface area contributed by atoms with Crippen LogP contribution < -0.4 is 0 Å². The van der Waals surface area contributed by atoms with Crippen LogP contribution >= 0.6 is 0 Å². The second-order valence-corrected chi connectivity index (χ2v) is 3.41. The minimum atomic E-state index is 0.786. The molecule has 1 aliphatic rings. The van der Waals surface area contributed by atoms with Crippen molar-refractivity contribution in [2.45, 2.75) is 6.92 Å². The smallest absolute Gasteiger partial charge is 0.150 e. The lowest BCUT2D eigenvalue weighted by atomic mass is 9.84. The molecule has 0 unspecified atom stereocenters. The van der Waals surface area contributed by atoms with E-state index in [0.29, 0.717) is 0 Å². The molecule has 0 heterocycles. The van der Waals surface area contributed by atoms with Crippen LogP contribution in [-0.4, -0.2) is 6.29 Å². The van der Waals surface area contributed by atoms with Crippen LogP contribution in [0.3, 0.4) is 0 Å². The van der Waals surface area contributed by atoms with Gasteiger partial charge in [0.1, 0.15) is 0 Å². The van der Waals surface area contributed by atoms with Gasteiger partial charge in [-0.3, -0.25) is 4.79 Å². The molecule has 1 nitrogen and oxygen atoms in total. The van der Waals surface area contributed by atoms with Gasteiger partial charge in [-0.2, -0.15) is 0 Å². The molecule has 1 aliphatic carbocycles. The third-order valence-electron chi connectivity index (χ3n) is 2.42. The fourth-order valence-corrected chi connectivity index (χ4v) is 1.74. The van der Waals surface area contributed by atoms with Crippen molar-refractivity contribution < 1.29 is 4.79 Å². The number of aldehydes is 1. The maximum Gasteiger partial charge on any atom is 0.150 e. The van der Waals surface area contributed by atoms with E-state index in [-0.39, 0.29) is 0 Å². The molecule has 0 atom stereocenters. The van der Waals surface area contributed by atoms with E-state index in [1.54, 1.807) is 0 Å². The summed E-state index contributed by atoms with van der Waals surface area (Å²) in [5.41, 5.74) is 4.08. The van der Waals surface area contributed by atoms with Crippen LogP contribution in [0.15, 0.2) is 59.7 Å². The maximum atomic E-state index is 10.8. The molecule has 0 spiro atoms. The number of rotatable bonds is 3. The number of hydrogen-bond acceptors (Lipinski definition) is 1. The first-order valence-electron chi connectivity index (χ1n) is 4.96. The first-order valence-corrected chi connectivity index (χ1v) is 4.96. The normalized spacial score (nSPS) is 15.1. The quantitative estimate of drug-likeness (QED) is 0.679. The van der Waals surface area contributed by atoms with Gasteiger partial charge in [-0.05, 0) is 29.7 Å². The minimum Gasteiger partial charge on any atom is -0.298 e. The SMILES string of the molecule is C/C=C/C1=C(c2ccccc2)C(C=O)=C1. The summed E-state index contributed by atoms with van der Waals surface area (Å²) in [6.45, 7) is 1.97. The molecule has 1 aromatic rings. The second-order valence-electron chi connectivity index (χ2n) is 3.41. The van der Waals surface area contributed by atoms with Crippen LogP contribution in [0.4, 0.5) is 0 Å². The van der Waals surface area contributed by atoms with Gasteiger partial charge in [0.2, 0.25) is 0 Å². The van der Waals surface area contributed by atoms with E-state index in [2.05, 4.69) is 0 Å². The highest BCUT2D eigenvalue weighted by Crippen LogP contribution is 2.35. The molecule has 74 valence electrons. The Hall–Kier alpha value is -1.89. The molecule has 0 aromatic heterocycles. The van der Waals surface area contributed by atoms with E-state index in [0.717, 1.165) is 28.6 Å². The first-order chi connectivity index (χ1) is 7.36. The summed E-state index contributed by atoms with van der Waals surface area (Å²) in [7, 11) is 0. The predicted molar refractivity (Wildman–Crippen MR) is 62.3 cm³/mol. The number of benzene rings is 1. The van der Waals surface area contributed by atoms with Gasteiger partial charge >= 0.3 is 0 Å². The lowest BCUT2D eigenvalue weighted by Crippen LogP contribution is -2.03. The summed E-state index contributed by atoms with van der Waals surface area (Å²) in [6, 6.07) is 9.99. The average Bonchev–Trinajstić information content (AvgIpc) is 2.25. The van der Waals surface area contributed by atoms with Gasteiger partial charge in [-0.25, -0.2) is 0 Å². The van der Waals surface area contributed by atoms with Crippen LogP contribution in [0.5, 0.6) is 0 Å². The molecule has 15 heavy (non-hydrogen) atoms. The van der Waals surface area contributed by atoms with Crippen LogP contribution in [0.25, 0.3) is 5.57 Å². The molecular formula is C14H12O. The van der Waals surface area contributed by atoms with Gasteiger partial charge in [0.05, 0.1) is 0 Å². The highest BCUT2D eigenvalue weighted by atomic mass is 16.1. The summed E-state index contributed by atoms with van der Waals surface area (Å²) >= 11 is 0. The second kappa shape index (κ2) is 4.09. The molecular weight excluding hydrogens is 184 g/mol. The van der Waals surface area contributed by atoms with E-state index in [1.807, 2.05) is 55.5 Å². The Bertz CT molecular complexity index is 461. The van der Waals surface area contributed by atoms with Crippen molar-refractivity contribution in [3.63, 3.8) is 0 Å². The number of carbonyl (C=O) groups excluding carboxylic acids is 1. The molecule has 0 amide bonds. The molecule has 0 saturated heterocycles. The third-order valence-corrected chi connectivity index (χ3v) is 2.42. The Morgan fingerprint density at radius 3 is 2.47 bits per heavy atom. The number of hydrogen-bond donors (Lipinski definition) is 0. The van der Waals surface area contributed by atoms with Gasteiger partial charge in [0.25, 0.3) is 0 Å². The van der Waals surface area contributed by atoms with Crippen molar-refractivity contribution in [3.05, 3.63) is 65.3 Å². The van der Waals surface area contributed by atoms with E-state index in [4.69, 9.17) is 0 Å². The maximum absolute atomic E-state index is 10.8. The summed E-state index contributed by atoms with van der Waals surface area (Å²) < 4.78 is 0. The molecule has 2 rings (SSSR count). The van der Waals surface area contributed by atoms with Crippen LogP contribution in [-0.2, 0) is 4.79 Å². The molecule has 0 N–H and O–H groups in total. The van der Waals surface area contributed by atoms with Crippen LogP contribution in [0.1, 0.15) is 12.5 Å². The predicted octanol–water partition coefficient (Wildman–Crippen LogP) is 3.16. The van der Waals surface area contributed by atoms with Crippen LogP contribution in [0, 0.1) is 0 Å². The van der Waals surface area contributed by atoms with Crippen molar-refractivity contribution in [1.29, 1.82) is 0 Å². The Morgan fingerprint density at radius 1 is 1.13 bits per heavy atom. The number of allylic oxidation sites excluding steroid dienone is 6. The van der Waals surface area contributed by atoms with E-state index in [1.165, 1.54) is 0 Å². The minimum absolute atomic E-state index is 0.786. The fourth-order valence-electron chi connectivity index (χ4n) is 1.74. The van der Waals surface area contributed by atoms with Gasteiger partial charge < -0.3 is 0 Å². The van der Waals surface area contributed by atoms with Gasteiger partial charge in [-0.1, -0.05) is 42.5 Å². The molecule has 0 radical (unpaired) electrons. The zero-order valence-corrected chi connectivity index (χ0v) is 8.60. The Morgan fingerprint density at radius 2 is 1.87 bits per heavy atom. The first kappa shape index (κ1) is 9.66. The zero-order chi connectivity index (χ0) is 10.7. The van der Waals surface area contributed by atoms with Gasteiger partial charge in [0.15, 0.2) is 6.29 Å². The van der Waals surface area contributed by atoms with Crippen molar-refractivity contribution in [2.75, 3.05) is 0 Å². The van der Waals surface area contributed by atoms with Crippen LogP contribution in [0.2, 0.25) is 0 Å². The Balaban J connectivity index is 2.41. The summed E-state index contributed by atoms with van der Waals surface area (Å²) in [4.78, 5) is 10.8. The highest BCUT2D eigenvalue weighted by Gasteiger charge is 2.18. The zero-order valence-electron chi connectivity index (χ0n) is 8.60. The van der Waals surface area contributed by atoms with Gasteiger partial charge in [-0.15, -0.1) is 0 Å². The van der Waals surface area contributed by atoms with E-state index >= 15 is 0 Å². The number of carbonyl (C=O) groups is 1. The summed E-state index contributed by atoms with van der Waals surface area (Å²) in [6.07, 6.45) is 6.83. The monoisotopic (exact) mass is 196 g/mol. The molecule has 1 heteroatoms. The topological polar surface area (TPSA) is 17.1 Å². The van der Waals surface area contributed by atoms with E-state index in [9.17, 15) is 4.79 Å². The lowest BCUT2D eigenvalue weighted by molar-refractivity contribution is -0.104. The van der Waals surface area contributed by atoms with Crippen molar-refractivity contribution >= 4 is 11.9 Å². The largest absolute Gasteiger partial charge is 0.298 e. The lowest BCUT2D eigenvalue weighted by Gasteiger charge is -2.19. The molecule has 0 fully saturated rings. The molecule has 0 saturated carbocycles. The van der Waals surface area contributed by atoms with E-state index < -0.39 is 0 Å².